The molecule has 1 aliphatic rings. The Morgan fingerprint density at radius 1 is 1.53 bits per heavy atom. The first kappa shape index (κ1) is 10.3. The molecule has 2 atom stereocenters. The predicted molar refractivity (Wildman–Crippen MR) is 54.4 cm³/mol. The number of alkyl halides is 1. The summed E-state index contributed by atoms with van der Waals surface area (Å²) in [6.07, 6.45) is 2.40. The van der Waals surface area contributed by atoms with Gasteiger partial charge in [-0.1, -0.05) is 0 Å². The summed E-state index contributed by atoms with van der Waals surface area (Å²) in [5.74, 6) is 0.524. The maximum absolute atomic E-state index is 13.5. The van der Waals surface area contributed by atoms with Gasteiger partial charge in [0.2, 0.25) is 5.95 Å². The number of piperidine rings is 1. The minimum atomic E-state index is -1.25. The van der Waals surface area contributed by atoms with Gasteiger partial charge in [-0.15, -0.1) is 0 Å². The second kappa shape index (κ2) is 3.73. The lowest BCUT2D eigenvalue weighted by Crippen LogP contribution is -2.52. The van der Waals surface area contributed by atoms with Crippen molar-refractivity contribution in [2.24, 2.45) is 0 Å². The van der Waals surface area contributed by atoms with Crippen molar-refractivity contribution < 1.29 is 9.50 Å². The number of aromatic nitrogens is 2. The van der Waals surface area contributed by atoms with E-state index in [1.807, 2.05) is 0 Å². The van der Waals surface area contributed by atoms with E-state index in [1.165, 1.54) is 6.92 Å². The van der Waals surface area contributed by atoms with Crippen LogP contribution in [0.15, 0.2) is 18.5 Å². The maximum Gasteiger partial charge on any atom is 0.225 e. The zero-order valence-electron chi connectivity index (χ0n) is 8.60. The van der Waals surface area contributed by atoms with Gasteiger partial charge in [-0.2, -0.15) is 0 Å². The van der Waals surface area contributed by atoms with Crippen molar-refractivity contribution in [3.8, 4) is 0 Å². The van der Waals surface area contributed by atoms with E-state index in [-0.39, 0.29) is 6.54 Å². The molecular formula is C10H14FN3O. The van der Waals surface area contributed by atoms with Crippen LogP contribution in [-0.2, 0) is 0 Å². The van der Waals surface area contributed by atoms with Crippen molar-refractivity contribution in [2.75, 3.05) is 18.0 Å². The van der Waals surface area contributed by atoms with Gasteiger partial charge in [0.05, 0.1) is 12.1 Å². The molecule has 2 rings (SSSR count). The van der Waals surface area contributed by atoms with Crippen LogP contribution in [0, 0.1) is 0 Å². The molecule has 4 nitrogen and oxygen atoms in total. The number of halogens is 1. The fourth-order valence-electron chi connectivity index (χ4n) is 1.64. The highest BCUT2D eigenvalue weighted by Crippen LogP contribution is 2.26. The fraction of sp³-hybridized carbons (Fsp3) is 0.600. The largest absolute Gasteiger partial charge is 0.387 e. The van der Waals surface area contributed by atoms with Gasteiger partial charge in [-0.25, -0.2) is 14.4 Å². The van der Waals surface area contributed by atoms with Gasteiger partial charge >= 0.3 is 0 Å². The molecule has 0 bridgehead atoms. The lowest BCUT2D eigenvalue weighted by molar-refractivity contribution is -0.0332. The SMILES string of the molecule is C[C@@]1(O)CCN(c2ncccn2)C[C@@H]1F. The smallest absolute Gasteiger partial charge is 0.225 e. The van der Waals surface area contributed by atoms with Gasteiger partial charge in [0.15, 0.2) is 0 Å². The molecule has 0 aliphatic carbocycles. The van der Waals surface area contributed by atoms with Crippen LogP contribution in [0.2, 0.25) is 0 Å². The van der Waals surface area contributed by atoms with Crippen molar-refractivity contribution in [3.63, 3.8) is 0 Å². The highest BCUT2D eigenvalue weighted by molar-refractivity contribution is 5.30. The molecule has 0 spiro atoms. The Hall–Kier alpha value is -1.23. The second-order valence-electron chi connectivity index (χ2n) is 4.07. The lowest BCUT2D eigenvalue weighted by atomic mass is 9.92. The van der Waals surface area contributed by atoms with Crippen LogP contribution in [0.3, 0.4) is 0 Å². The molecule has 1 aromatic rings. The molecule has 1 aliphatic heterocycles. The number of hydrogen-bond acceptors (Lipinski definition) is 4. The summed E-state index contributed by atoms with van der Waals surface area (Å²) in [6, 6.07) is 1.72. The third-order valence-corrected chi connectivity index (χ3v) is 2.78. The molecule has 2 heterocycles. The normalized spacial score (nSPS) is 31.7. The molecule has 1 saturated heterocycles. The van der Waals surface area contributed by atoms with Crippen LogP contribution in [0.1, 0.15) is 13.3 Å². The van der Waals surface area contributed by atoms with E-state index >= 15 is 0 Å². The third kappa shape index (κ3) is 2.07. The van der Waals surface area contributed by atoms with E-state index in [9.17, 15) is 9.50 Å². The Bertz CT molecular complexity index is 331. The van der Waals surface area contributed by atoms with Crippen molar-refractivity contribution >= 4 is 5.95 Å². The highest BCUT2D eigenvalue weighted by atomic mass is 19.1. The number of rotatable bonds is 1. The average molecular weight is 211 g/mol. The Labute approximate surface area is 87.8 Å². The lowest BCUT2D eigenvalue weighted by Gasteiger charge is -2.38. The van der Waals surface area contributed by atoms with E-state index in [0.717, 1.165) is 0 Å². The molecule has 0 saturated carbocycles. The van der Waals surface area contributed by atoms with Crippen LogP contribution < -0.4 is 4.90 Å². The Morgan fingerprint density at radius 2 is 2.20 bits per heavy atom. The highest BCUT2D eigenvalue weighted by Gasteiger charge is 2.38. The third-order valence-electron chi connectivity index (χ3n) is 2.78. The first-order chi connectivity index (χ1) is 7.09. The molecule has 5 heteroatoms. The van der Waals surface area contributed by atoms with Gasteiger partial charge in [0, 0.05) is 18.9 Å². The molecule has 1 fully saturated rings. The zero-order valence-corrected chi connectivity index (χ0v) is 8.60. The molecule has 1 aromatic heterocycles. The molecule has 0 amide bonds. The fourth-order valence-corrected chi connectivity index (χ4v) is 1.64. The molecule has 0 unspecified atom stereocenters. The summed E-state index contributed by atoms with van der Waals surface area (Å²) in [5.41, 5.74) is -1.22. The maximum atomic E-state index is 13.5. The first-order valence-corrected chi connectivity index (χ1v) is 4.98. The van der Waals surface area contributed by atoms with Crippen LogP contribution in [0.25, 0.3) is 0 Å². The Morgan fingerprint density at radius 3 is 2.80 bits per heavy atom. The summed E-state index contributed by atoms with van der Waals surface area (Å²) < 4.78 is 13.5. The average Bonchev–Trinajstić information content (AvgIpc) is 2.23. The minimum absolute atomic E-state index is 0.150. The monoisotopic (exact) mass is 211 g/mol. The van der Waals surface area contributed by atoms with E-state index < -0.39 is 11.8 Å². The van der Waals surface area contributed by atoms with Gasteiger partial charge < -0.3 is 10.0 Å². The summed E-state index contributed by atoms with van der Waals surface area (Å²) in [6.45, 7) is 2.26. The van der Waals surface area contributed by atoms with Crippen LogP contribution in [0.4, 0.5) is 10.3 Å². The summed E-state index contributed by atoms with van der Waals surface area (Å²) >= 11 is 0. The van der Waals surface area contributed by atoms with Crippen molar-refractivity contribution in [1.82, 2.24) is 9.97 Å². The summed E-state index contributed by atoms with van der Waals surface area (Å²) in [7, 11) is 0. The molecule has 82 valence electrons. The number of anilines is 1. The number of nitrogens with zero attached hydrogens (tertiary/aromatic N) is 3. The molecule has 0 radical (unpaired) electrons. The van der Waals surface area contributed by atoms with E-state index in [1.54, 1.807) is 23.4 Å². The van der Waals surface area contributed by atoms with Crippen LogP contribution >= 0.6 is 0 Å². The molecular weight excluding hydrogens is 197 g/mol. The molecule has 0 aromatic carbocycles. The van der Waals surface area contributed by atoms with E-state index in [4.69, 9.17) is 0 Å². The standard InChI is InChI=1S/C10H14FN3O/c1-10(15)3-6-14(7-8(10)11)9-12-4-2-5-13-9/h2,4-5,8,15H,3,6-7H2,1H3/t8-,10+/m0/s1. The zero-order chi connectivity index (χ0) is 10.9. The van der Waals surface area contributed by atoms with Crippen molar-refractivity contribution in [1.29, 1.82) is 0 Å². The van der Waals surface area contributed by atoms with Crippen molar-refractivity contribution in [3.05, 3.63) is 18.5 Å². The minimum Gasteiger partial charge on any atom is -0.387 e. The summed E-state index contributed by atoms with van der Waals surface area (Å²) in [4.78, 5) is 9.85. The van der Waals surface area contributed by atoms with Gasteiger partial charge in [0.1, 0.15) is 6.17 Å². The quantitative estimate of drug-likeness (QED) is 0.745. The number of hydrogen-bond donors (Lipinski definition) is 1. The van der Waals surface area contributed by atoms with E-state index in [2.05, 4.69) is 9.97 Å². The number of aliphatic hydroxyl groups is 1. The Kier molecular flexibility index (Phi) is 2.56. The van der Waals surface area contributed by atoms with Gasteiger partial charge in [0.25, 0.3) is 0 Å². The molecule has 15 heavy (non-hydrogen) atoms. The first-order valence-electron chi connectivity index (χ1n) is 4.98. The second-order valence-corrected chi connectivity index (χ2v) is 4.07. The van der Waals surface area contributed by atoms with Gasteiger partial charge in [-0.05, 0) is 19.4 Å². The van der Waals surface area contributed by atoms with Crippen LogP contribution in [0.5, 0.6) is 0 Å². The van der Waals surface area contributed by atoms with Gasteiger partial charge in [-0.3, -0.25) is 0 Å². The van der Waals surface area contributed by atoms with E-state index in [0.29, 0.717) is 18.9 Å². The summed E-state index contributed by atoms with van der Waals surface area (Å²) in [5, 5.41) is 9.67. The van der Waals surface area contributed by atoms with Crippen molar-refractivity contribution in [2.45, 2.75) is 25.1 Å². The van der Waals surface area contributed by atoms with Crippen LogP contribution in [-0.4, -0.2) is 39.9 Å². The Balaban J connectivity index is 2.10. The molecule has 1 N–H and O–H groups in total. The topological polar surface area (TPSA) is 49.2 Å². The predicted octanol–water partition coefficient (Wildman–Crippen LogP) is 0.776.